The fourth-order valence-corrected chi connectivity index (χ4v) is 4.95. The second kappa shape index (κ2) is 6.07. The summed E-state index contributed by atoms with van der Waals surface area (Å²) in [5, 5.41) is 4.13. The molecular weight excluding hydrogens is 340 g/mol. The molecule has 1 aliphatic heterocycles. The molecule has 0 saturated carbocycles. The van der Waals surface area contributed by atoms with Crippen molar-refractivity contribution in [1.29, 1.82) is 0 Å². The third-order valence-corrected chi connectivity index (χ3v) is 6.12. The molecule has 1 aliphatic rings. The number of aromatic nitrogens is 1. The molecule has 5 rings (SSSR count). The van der Waals surface area contributed by atoms with Gasteiger partial charge in [-0.25, -0.2) is 0 Å². The van der Waals surface area contributed by atoms with Crippen LogP contribution in [0.4, 0.5) is 11.4 Å². The van der Waals surface area contributed by atoms with Crippen LogP contribution in [0.3, 0.4) is 0 Å². The van der Waals surface area contributed by atoms with Gasteiger partial charge in [0.05, 0.1) is 27.7 Å². The summed E-state index contributed by atoms with van der Waals surface area (Å²) in [7, 11) is 0. The van der Waals surface area contributed by atoms with Crippen LogP contribution >= 0.6 is 0 Å². The molecule has 140 valence electrons. The first-order valence-electron chi connectivity index (χ1n) is 10.3. The summed E-state index contributed by atoms with van der Waals surface area (Å²) in [6.07, 6.45) is 0. The molecule has 3 aromatic carbocycles. The van der Waals surface area contributed by atoms with Gasteiger partial charge in [-0.3, -0.25) is 0 Å². The van der Waals surface area contributed by atoms with Crippen molar-refractivity contribution in [3.05, 3.63) is 65.2 Å². The highest BCUT2D eigenvalue weighted by molar-refractivity contribution is 6.17. The molecule has 2 nitrogen and oxygen atoms in total. The van der Waals surface area contributed by atoms with Crippen molar-refractivity contribution in [3.8, 4) is 11.3 Å². The van der Waals surface area contributed by atoms with Gasteiger partial charge < -0.3 is 4.90 Å². The average Bonchev–Trinajstić information content (AvgIpc) is 2.68. The minimum Gasteiger partial charge on any atom is -0.340 e. The smallest absolute Gasteiger partial charge is 0.225 e. The zero-order valence-corrected chi connectivity index (χ0v) is 17.4. The number of benzene rings is 3. The number of pyridine rings is 1. The van der Waals surface area contributed by atoms with Gasteiger partial charge in [0.2, 0.25) is 11.2 Å². The lowest BCUT2D eigenvalue weighted by Gasteiger charge is -2.32. The largest absolute Gasteiger partial charge is 0.340 e. The Kier molecular flexibility index (Phi) is 3.74. The lowest BCUT2D eigenvalue weighted by Crippen LogP contribution is -2.38. The maximum atomic E-state index is 2.52. The number of anilines is 2. The van der Waals surface area contributed by atoms with E-state index in [0.29, 0.717) is 0 Å². The van der Waals surface area contributed by atoms with Crippen LogP contribution in [0.15, 0.2) is 48.5 Å². The van der Waals surface area contributed by atoms with E-state index in [1.165, 1.54) is 61.0 Å². The molecule has 0 fully saturated rings. The van der Waals surface area contributed by atoms with Crippen LogP contribution in [0, 0.1) is 20.8 Å². The summed E-state index contributed by atoms with van der Waals surface area (Å²) in [4.78, 5) is 2.48. The molecule has 0 bridgehead atoms. The van der Waals surface area contributed by atoms with Crippen LogP contribution in [0.25, 0.3) is 32.9 Å². The number of fused-ring (bicyclic) bond motifs is 4. The first-order valence-corrected chi connectivity index (χ1v) is 10.3. The monoisotopic (exact) mass is 367 g/mol. The van der Waals surface area contributed by atoms with Gasteiger partial charge in [-0.15, -0.1) is 0 Å². The Morgan fingerprint density at radius 3 is 2.21 bits per heavy atom. The number of hydrogen-bond donors (Lipinski definition) is 0. The van der Waals surface area contributed by atoms with E-state index < -0.39 is 0 Å². The van der Waals surface area contributed by atoms with Crippen molar-refractivity contribution in [2.75, 3.05) is 11.4 Å². The molecule has 0 spiro atoms. The summed E-state index contributed by atoms with van der Waals surface area (Å²) < 4.78 is 2.52. The van der Waals surface area contributed by atoms with Gasteiger partial charge >= 0.3 is 0 Å². The fourth-order valence-electron chi connectivity index (χ4n) is 4.95. The van der Waals surface area contributed by atoms with E-state index in [4.69, 9.17) is 0 Å². The quantitative estimate of drug-likeness (QED) is 0.295. The summed E-state index contributed by atoms with van der Waals surface area (Å²) in [6.45, 7) is 13.0. The van der Waals surface area contributed by atoms with E-state index in [0.717, 1.165) is 13.1 Å². The molecule has 0 radical (unpaired) electrons. The molecule has 4 aromatic rings. The topological polar surface area (TPSA) is 7.12 Å². The van der Waals surface area contributed by atoms with E-state index in [1.54, 1.807) is 0 Å². The van der Waals surface area contributed by atoms with Crippen LogP contribution in [0.5, 0.6) is 0 Å². The molecular formula is C26H27N2+. The Balaban J connectivity index is 2.11. The summed E-state index contributed by atoms with van der Waals surface area (Å²) in [6, 6.07) is 18.5. The van der Waals surface area contributed by atoms with Gasteiger partial charge in [0, 0.05) is 18.0 Å². The molecule has 0 atom stereocenters. The Morgan fingerprint density at radius 1 is 0.750 bits per heavy atom. The SMILES string of the molecule is CCN1c2ccc(C)cc2-c2c3c1cc(C)cc3c1cc(C)ccc1[n+]2CC. The Bertz CT molecular complexity index is 1270. The Morgan fingerprint density at radius 2 is 1.46 bits per heavy atom. The second-order valence-electron chi connectivity index (χ2n) is 8.08. The van der Waals surface area contributed by atoms with Gasteiger partial charge in [0.15, 0.2) is 0 Å². The summed E-state index contributed by atoms with van der Waals surface area (Å²) in [5.74, 6) is 0. The highest BCUT2D eigenvalue weighted by Gasteiger charge is 2.33. The highest BCUT2D eigenvalue weighted by atomic mass is 15.1. The predicted octanol–water partition coefficient (Wildman–Crippen LogP) is 6.36. The van der Waals surface area contributed by atoms with Crippen LogP contribution < -0.4 is 9.47 Å². The zero-order chi connectivity index (χ0) is 19.6. The van der Waals surface area contributed by atoms with Gasteiger partial charge in [0.25, 0.3) is 0 Å². The molecule has 0 unspecified atom stereocenters. The Labute approximate surface area is 167 Å². The minimum absolute atomic E-state index is 0.956. The standard InChI is InChI=1S/C26H27N2/c1-6-27-23-11-9-17(4)13-21(23)26-25-20(14-18(5)15-24(25)27)19-12-16(3)8-10-22(19)28(26)7-2/h8-15H,6-7H2,1-5H3/q+1. The van der Waals surface area contributed by atoms with Crippen LogP contribution in [-0.2, 0) is 6.54 Å². The van der Waals surface area contributed by atoms with Crippen LogP contribution in [0.2, 0.25) is 0 Å². The van der Waals surface area contributed by atoms with E-state index >= 15 is 0 Å². The molecule has 2 heteroatoms. The first kappa shape index (κ1) is 17.2. The third kappa shape index (κ3) is 2.24. The summed E-state index contributed by atoms with van der Waals surface area (Å²) >= 11 is 0. The zero-order valence-electron chi connectivity index (χ0n) is 17.4. The van der Waals surface area contributed by atoms with E-state index in [-0.39, 0.29) is 0 Å². The van der Waals surface area contributed by atoms with Crippen molar-refractivity contribution in [3.63, 3.8) is 0 Å². The maximum absolute atomic E-state index is 2.52. The minimum atomic E-state index is 0.956. The van der Waals surface area contributed by atoms with Crippen molar-refractivity contribution in [2.45, 2.75) is 41.2 Å². The number of nitrogens with zero attached hydrogens (tertiary/aromatic N) is 2. The average molecular weight is 368 g/mol. The maximum Gasteiger partial charge on any atom is 0.225 e. The van der Waals surface area contributed by atoms with Crippen LogP contribution in [0.1, 0.15) is 30.5 Å². The van der Waals surface area contributed by atoms with Crippen LogP contribution in [-0.4, -0.2) is 6.54 Å². The van der Waals surface area contributed by atoms with E-state index in [2.05, 4.69) is 92.6 Å². The van der Waals surface area contributed by atoms with Gasteiger partial charge in [-0.1, -0.05) is 29.3 Å². The summed E-state index contributed by atoms with van der Waals surface area (Å²) in [5.41, 5.74) is 10.7. The fraction of sp³-hybridized carbons (Fsp3) is 0.269. The second-order valence-corrected chi connectivity index (χ2v) is 8.08. The molecule has 28 heavy (non-hydrogen) atoms. The molecule has 0 amide bonds. The number of aryl methyl sites for hydroxylation is 4. The lowest BCUT2D eigenvalue weighted by molar-refractivity contribution is -0.655. The van der Waals surface area contributed by atoms with E-state index in [1.807, 2.05) is 0 Å². The van der Waals surface area contributed by atoms with Crippen molar-refractivity contribution < 1.29 is 4.57 Å². The lowest BCUT2D eigenvalue weighted by atomic mass is 9.90. The third-order valence-electron chi connectivity index (χ3n) is 6.12. The normalized spacial score (nSPS) is 12.7. The van der Waals surface area contributed by atoms with Crippen molar-refractivity contribution in [2.24, 2.45) is 0 Å². The van der Waals surface area contributed by atoms with E-state index in [9.17, 15) is 0 Å². The van der Waals surface area contributed by atoms with Crippen molar-refractivity contribution >= 4 is 33.1 Å². The van der Waals surface area contributed by atoms with Gasteiger partial charge in [0.1, 0.15) is 6.54 Å². The molecule has 1 aromatic heterocycles. The highest BCUT2D eigenvalue weighted by Crippen LogP contribution is 2.48. The Hall–Kier alpha value is -2.87. The van der Waals surface area contributed by atoms with Gasteiger partial charge in [-0.2, -0.15) is 4.57 Å². The molecule has 0 saturated heterocycles. The van der Waals surface area contributed by atoms with Gasteiger partial charge in [-0.05, 0) is 64.4 Å². The predicted molar refractivity (Wildman–Crippen MR) is 120 cm³/mol. The molecule has 0 N–H and O–H groups in total. The first-order chi connectivity index (χ1) is 13.5. The number of hydrogen-bond acceptors (Lipinski definition) is 1. The molecule has 2 heterocycles. The molecule has 0 aliphatic carbocycles. The number of rotatable bonds is 2. The van der Waals surface area contributed by atoms with Crippen molar-refractivity contribution in [1.82, 2.24) is 0 Å².